The number of nitriles is 1. The Morgan fingerprint density at radius 3 is 2.57 bits per heavy atom. The van der Waals surface area contributed by atoms with E-state index in [4.69, 9.17) is 20.2 Å². The Kier molecular flexibility index (Phi) is 9.05. The number of fused-ring (bicyclic) bond motifs is 2. The van der Waals surface area contributed by atoms with Gasteiger partial charge in [-0.3, -0.25) is 24.7 Å². The van der Waals surface area contributed by atoms with E-state index in [-0.39, 0.29) is 59.1 Å². The average molecular weight is 762 g/mol. The largest absolute Gasteiger partial charge is 0.453 e. The van der Waals surface area contributed by atoms with Gasteiger partial charge in [0.2, 0.25) is 5.91 Å². The maximum absolute atomic E-state index is 15.7. The van der Waals surface area contributed by atoms with Gasteiger partial charge in [0.15, 0.2) is 17.4 Å². The normalized spacial score (nSPS) is 22.8. The van der Waals surface area contributed by atoms with Crippen molar-refractivity contribution in [1.82, 2.24) is 30.0 Å². The predicted molar refractivity (Wildman–Crippen MR) is 203 cm³/mol. The minimum Gasteiger partial charge on any atom is -0.453 e. The number of carbonyl (C=O) groups excluding carboxylic acids is 2. The molecule has 15 heteroatoms. The van der Waals surface area contributed by atoms with Crippen LogP contribution in [0.3, 0.4) is 0 Å². The number of aryl methyl sites for hydroxylation is 1. The first-order valence-corrected chi connectivity index (χ1v) is 19.2. The van der Waals surface area contributed by atoms with Crippen molar-refractivity contribution in [2.75, 3.05) is 36.9 Å². The Morgan fingerprint density at radius 2 is 1.80 bits per heavy atom. The van der Waals surface area contributed by atoms with E-state index in [0.717, 1.165) is 69.2 Å². The maximum Gasteiger partial charge on any atom is 0.329 e. The number of carbonyl (C=O) groups is 2. The molecule has 9 rings (SSSR count). The molecular formula is C41H41F2N9O4. The Morgan fingerprint density at radius 1 is 1.00 bits per heavy atom. The first kappa shape index (κ1) is 35.9. The third-order valence-corrected chi connectivity index (χ3v) is 12.3. The number of likely N-dealkylation sites (tertiary alicyclic amines) is 1. The topological polar surface area (TPSA) is 165 Å². The van der Waals surface area contributed by atoms with Gasteiger partial charge in [-0.25, -0.2) is 18.6 Å². The fourth-order valence-corrected chi connectivity index (χ4v) is 9.16. The Bertz CT molecular complexity index is 2430. The third kappa shape index (κ3) is 6.46. The van der Waals surface area contributed by atoms with Crippen LogP contribution < -0.4 is 20.7 Å². The minimum absolute atomic E-state index is 0.0604. The standard InChI is InChI=1S/C41H41F2N9O4/c1-50-36-18-27(31(43)17-28(36)39(49-50)52-13-10-37(53)48-40(52)54)23-2-4-25(5-3-23)51-14-11-41(12-15-51)19-24(22-55-41)35-21-46-33-9-6-26(16-34(33)47-35)56-38-29(20-44)32(45)8-7-30(38)42/h6-9,16-18,21,23-25H,2-5,10-15,19,22,45H2,1H3,(H,48,53,54)/t23?,24-,25?/m0/s1. The number of halogens is 2. The fourth-order valence-electron chi connectivity index (χ4n) is 9.16. The van der Waals surface area contributed by atoms with E-state index in [0.29, 0.717) is 46.2 Å². The van der Waals surface area contributed by atoms with Crippen molar-refractivity contribution in [2.24, 2.45) is 7.05 Å². The summed E-state index contributed by atoms with van der Waals surface area (Å²) in [6, 6.07) is 12.8. The molecule has 13 nitrogen and oxygen atoms in total. The molecule has 0 unspecified atom stereocenters. The molecule has 1 spiro atoms. The zero-order valence-electron chi connectivity index (χ0n) is 30.9. The second kappa shape index (κ2) is 14.1. The molecule has 0 radical (unpaired) electrons. The van der Waals surface area contributed by atoms with E-state index in [1.165, 1.54) is 23.1 Å². The highest BCUT2D eigenvalue weighted by molar-refractivity contribution is 6.08. The van der Waals surface area contributed by atoms with E-state index < -0.39 is 11.8 Å². The molecule has 5 aromatic rings. The van der Waals surface area contributed by atoms with Gasteiger partial charge in [-0.15, -0.1) is 0 Å². The summed E-state index contributed by atoms with van der Waals surface area (Å²) in [5.74, 6) is -0.658. The summed E-state index contributed by atoms with van der Waals surface area (Å²) in [5.41, 5.74) is 9.29. The number of nitrogen functional groups attached to an aromatic ring is 1. The van der Waals surface area contributed by atoms with E-state index in [1.807, 2.05) is 12.1 Å². The number of piperidine rings is 1. The molecule has 3 aromatic carbocycles. The number of aromatic nitrogens is 4. The van der Waals surface area contributed by atoms with Gasteiger partial charge in [-0.2, -0.15) is 10.4 Å². The summed E-state index contributed by atoms with van der Waals surface area (Å²) in [6.45, 7) is 2.63. The van der Waals surface area contributed by atoms with Crippen molar-refractivity contribution >= 4 is 45.4 Å². The summed E-state index contributed by atoms with van der Waals surface area (Å²) in [4.78, 5) is 37.7. The number of nitrogens with zero attached hydrogens (tertiary/aromatic N) is 7. The van der Waals surface area contributed by atoms with E-state index >= 15 is 4.39 Å². The van der Waals surface area contributed by atoms with Crippen LogP contribution in [0.25, 0.3) is 21.9 Å². The SMILES string of the molecule is Cn1nc(N2CCC(=O)NC2=O)c2cc(F)c(C3CCC(N4CCC5(CC4)C[C@H](c4cnc6ccc(Oc7c(F)ccc(N)c7C#N)cc6n4)CO5)CC3)cc21. The highest BCUT2D eigenvalue weighted by Gasteiger charge is 2.45. The number of rotatable bonds is 6. The van der Waals surface area contributed by atoms with Crippen LogP contribution >= 0.6 is 0 Å². The van der Waals surface area contributed by atoms with Crippen LogP contribution in [0.2, 0.25) is 0 Å². The molecule has 288 valence electrons. The van der Waals surface area contributed by atoms with E-state index in [9.17, 15) is 19.2 Å². The number of urea groups is 1. The molecule has 3 saturated heterocycles. The number of anilines is 2. The fraction of sp³-hybridized carbons (Fsp3) is 0.415. The number of hydrogen-bond acceptors (Lipinski definition) is 10. The lowest BCUT2D eigenvalue weighted by molar-refractivity contribution is -0.120. The molecule has 56 heavy (non-hydrogen) atoms. The van der Waals surface area contributed by atoms with Crippen molar-refractivity contribution in [1.29, 1.82) is 5.26 Å². The lowest BCUT2D eigenvalue weighted by Crippen LogP contribution is -2.49. The zero-order valence-corrected chi connectivity index (χ0v) is 30.9. The van der Waals surface area contributed by atoms with Crippen molar-refractivity contribution in [2.45, 2.75) is 74.8 Å². The summed E-state index contributed by atoms with van der Waals surface area (Å²) < 4.78 is 44.4. The van der Waals surface area contributed by atoms with Crippen LogP contribution in [0, 0.1) is 23.0 Å². The molecule has 4 aliphatic rings. The summed E-state index contributed by atoms with van der Waals surface area (Å²) >= 11 is 0. The number of nitrogens with one attached hydrogen (secondary N) is 1. The Balaban J connectivity index is 0.817. The number of imide groups is 1. The summed E-state index contributed by atoms with van der Waals surface area (Å²) in [7, 11) is 1.79. The average Bonchev–Trinajstić information content (AvgIpc) is 3.76. The van der Waals surface area contributed by atoms with Crippen molar-refractivity contribution < 1.29 is 27.8 Å². The third-order valence-electron chi connectivity index (χ3n) is 12.3. The number of nitrogens with two attached hydrogens (primary N) is 1. The maximum atomic E-state index is 15.7. The molecule has 3 aliphatic heterocycles. The van der Waals surface area contributed by atoms with Crippen LogP contribution in [0.4, 0.5) is 25.1 Å². The first-order chi connectivity index (χ1) is 27.1. The van der Waals surface area contributed by atoms with Gasteiger partial charge in [-0.1, -0.05) is 0 Å². The van der Waals surface area contributed by atoms with E-state index in [2.05, 4.69) is 20.3 Å². The van der Waals surface area contributed by atoms with Crippen molar-refractivity contribution in [3.05, 3.63) is 77.1 Å². The molecule has 3 amide bonds. The lowest BCUT2D eigenvalue weighted by Gasteiger charge is -2.44. The zero-order chi connectivity index (χ0) is 38.7. The number of benzene rings is 3. The number of hydrogen-bond donors (Lipinski definition) is 2. The van der Waals surface area contributed by atoms with Crippen LogP contribution in [0.1, 0.15) is 80.0 Å². The van der Waals surface area contributed by atoms with E-state index in [1.54, 1.807) is 36.1 Å². The molecule has 0 bridgehead atoms. The molecule has 2 aromatic heterocycles. The van der Waals surface area contributed by atoms with Gasteiger partial charge >= 0.3 is 6.03 Å². The molecule has 1 atom stereocenters. The van der Waals surface area contributed by atoms with Crippen LogP contribution in [-0.4, -0.2) is 74.5 Å². The smallest absolute Gasteiger partial charge is 0.329 e. The number of amides is 3. The molecule has 5 heterocycles. The highest BCUT2D eigenvalue weighted by Crippen LogP contribution is 2.45. The summed E-state index contributed by atoms with van der Waals surface area (Å²) in [6.07, 6.45) is 8.41. The molecule has 1 aliphatic carbocycles. The highest BCUT2D eigenvalue weighted by atomic mass is 19.1. The van der Waals surface area contributed by atoms with Gasteiger partial charge in [0.25, 0.3) is 0 Å². The second-order valence-electron chi connectivity index (χ2n) is 15.5. The van der Waals surface area contributed by atoms with Crippen molar-refractivity contribution in [3.63, 3.8) is 0 Å². The molecule has 3 N–H and O–H groups in total. The van der Waals surface area contributed by atoms with Gasteiger partial charge in [0.1, 0.15) is 23.2 Å². The quantitative estimate of drug-likeness (QED) is 0.181. The van der Waals surface area contributed by atoms with Crippen LogP contribution in [0.5, 0.6) is 11.5 Å². The monoisotopic (exact) mass is 761 g/mol. The Hall–Kier alpha value is -5.72. The second-order valence-corrected chi connectivity index (χ2v) is 15.5. The minimum atomic E-state index is -0.680. The lowest BCUT2D eigenvalue weighted by atomic mass is 9.79. The predicted octanol–water partition coefficient (Wildman–Crippen LogP) is 6.55. The number of ether oxygens (including phenoxy) is 2. The summed E-state index contributed by atoms with van der Waals surface area (Å²) in [5, 5.41) is 16.9. The molecule has 1 saturated carbocycles. The van der Waals surface area contributed by atoms with Crippen molar-refractivity contribution in [3.8, 4) is 17.6 Å². The Labute approximate surface area is 321 Å². The van der Waals surface area contributed by atoms with Gasteiger partial charge in [0.05, 0.1) is 40.1 Å². The molecular weight excluding hydrogens is 721 g/mol. The first-order valence-electron chi connectivity index (χ1n) is 19.2. The van der Waals surface area contributed by atoms with Gasteiger partial charge in [0, 0.05) is 62.7 Å². The van der Waals surface area contributed by atoms with Crippen LogP contribution in [0.15, 0.2) is 48.7 Å². The van der Waals surface area contributed by atoms with Gasteiger partial charge in [-0.05, 0) is 92.8 Å². The van der Waals surface area contributed by atoms with Gasteiger partial charge < -0.3 is 20.1 Å². The molecule has 4 fully saturated rings. The van der Waals surface area contributed by atoms with Crippen LogP contribution in [-0.2, 0) is 16.6 Å².